The first-order chi connectivity index (χ1) is 4.70. The molecule has 0 saturated carbocycles. The number of thiocarbonyl (C=S) groups is 1. The average Bonchev–Trinajstić information content (AvgIpc) is 1.99. The zero-order valence-electron chi connectivity index (χ0n) is 6.18. The molecule has 5 heteroatoms. The van der Waals surface area contributed by atoms with Crippen LogP contribution in [-0.4, -0.2) is 23.2 Å². The van der Waals surface area contributed by atoms with Crippen molar-refractivity contribution in [3.05, 3.63) is 0 Å². The van der Waals surface area contributed by atoms with Gasteiger partial charge in [0.2, 0.25) is 0 Å². The van der Waals surface area contributed by atoms with Crippen molar-refractivity contribution in [3.8, 4) is 0 Å². The maximum absolute atomic E-state index is 5.04. The Morgan fingerprint density at radius 2 is 2.40 bits per heavy atom. The fourth-order valence-corrected chi connectivity index (χ4v) is 0.704. The van der Waals surface area contributed by atoms with E-state index in [-0.39, 0.29) is 0 Å². The van der Waals surface area contributed by atoms with Crippen molar-refractivity contribution in [2.24, 2.45) is 5.84 Å². The highest BCUT2D eigenvalue weighted by Gasteiger charge is 1.98. The molecule has 0 radical (unpaired) electrons. The number of hydrogen-bond acceptors (Lipinski definition) is 3. The van der Waals surface area contributed by atoms with Gasteiger partial charge in [-0.15, -0.1) is 0 Å². The molecule has 0 saturated heterocycles. The number of hydrogen-bond donors (Lipinski definition) is 3. The first kappa shape index (κ1) is 10.0. The maximum Gasteiger partial charge on any atom is 0.180 e. The molecule has 0 bridgehead atoms. The van der Waals surface area contributed by atoms with Crippen molar-refractivity contribution in [2.75, 3.05) is 12.8 Å². The first-order valence-electron chi connectivity index (χ1n) is 2.98. The van der Waals surface area contributed by atoms with Gasteiger partial charge in [0.15, 0.2) is 5.11 Å². The SMILES string of the molecule is CSC(C)CNC(=S)NN. The summed E-state index contributed by atoms with van der Waals surface area (Å²) in [6, 6.07) is 0. The second-order valence-corrected chi connectivity index (χ2v) is 3.59. The van der Waals surface area contributed by atoms with Gasteiger partial charge < -0.3 is 10.7 Å². The van der Waals surface area contributed by atoms with Crippen molar-refractivity contribution in [3.63, 3.8) is 0 Å². The molecule has 0 rings (SSSR count). The van der Waals surface area contributed by atoms with Crippen LogP contribution in [0.1, 0.15) is 6.92 Å². The summed E-state index contributed by atoms with van der Waals surface area (Å²) in [5.74, 6) is 5.04. The molecule has 0 aliphatic rings. The molecule has 4 N–H and O–H groups in total. The summed E-state index contributed by atoms with van der Waals surface area (Å²) in [5, 5.41) is 4.02. The highest BCUT2D eigenvalue weighted by Crippen LogP contribution is 2.01. The van der Waals surface area contributed by atoms with E-state index >= 15 is 0 Å². The fraction of sp³-hybridized carbons (Fsp3) is 0.800. The minimum Gasteiger partial charge on any atom is -0.361 e. The van der Waals surface area contributed by atoms with Gasteiger partial charge in [-0.25, -0.2) is 5.84 Å². The fourth-order valence-electron chi connectivity index (χ4n) is 0.371. The van der Waals surface area contributed by atoms with E-state index in [1.807, 2.05) is 0 Å². The van der Waals surface area contributed by atoms with E-state index in [1.54, 1.807) is 11.8 Å². The predicted octanol–water partition coefficient (Wildman–Crippen LogP) is 0.0757. The summed E-state index contributed by atoms with van der Waals surface area (Å²) >= 11 is 6.55. The molecule has 0 aromatic rings. The smallest absolute Gasteiger partial charge is 0.180 e. The summed E-state index contributed by atoms with van der Waals surface area (Å²) in [5.41, 5.74) is 2.36. The van der Waals surface area contributed by atoms with E-state index in [2.05, 4.69) is 23.9 Å². The maximum atomic E-state index is 5.04. The molecule has 0 aromatic carbocycles. The van der Waals surface area contributed by atoms with Crippen LogP contribution in [0.4, 0.5) is 0 Å². The Morgan fingerprint density at radius 1 is 1.80 bits per heavy atom. The Morgan fingerprint density at radius 3 is 2.80 bits per heavy atom. The Labute approximate surface area is 71.1 Å². The number of thioether (sulfide) groups is 1. The van der Waals surface area contributed by atoms with Gasteiger partial charge in [0.05, 0.1) is 0 Å². The number of hydrazine groups is 1. The van der Waals surface area contributed by atoms with Gasteiger partial charge in [0.25, 0.3) is 0 Å². The normalized spacial score (nSPS) is 12.3. The van der Waals surface area contributed by atoms with E-state index in [0.29, 0.717) is 10.4 Å². The van der Waals surface area contributed by atoms with E-state index in [4.69, 9.17) is 18.1 Å². The number of nitrogens with two attached hydrogens (primary N) is 1. The van der Waals surface area contributed by atoms with E-state index < -0.39 is 0 Å². The minimum absolute atomic E-state index is 0.501. The van der Waals surface area contributed by atoms with Gasteiger partial charge in [-0.05, 0) is 18.5 Å². The first-order valence-corrected chi connectivity index (χ1v) is 4.67. The molecule has 0 spiro atoms. The molecular formula is C5H13N3S2. The lowest BCUT2D eigenvalue weighted by molar-refractivity contribution is 0.830. The Bertz CT molecular complexity index is 107. The van der Waals surface area contributed by atoms with Crippen LogP contribution in [0, 0.1) is 0 Å². The second kappa shape index (κ2) is 5.76. The third-order valence-corrected chi connectivity index (χ3v) is 2.32. The van der Waals surface area contributed by atoms with Gasteiger partial charge in [-0.1, -0.05) is 6.92 Å². The average molecular weight is 179 g/mol. The van der Waals surface area contributed by atoms with Crippen LogP contribution in [0.15, 0.2) is 0 Å². The molecule has 1 atom stereocenters. The quantitative estimate of drug-likeness (QED) is 0.325. The van der Waals surface area contributed by atoms with Crippen LogP contribution in [0.5, 0.6) is 0 Å². The molecule has 0 heterocycles. The lowest BCUT2D eigenvalue weighted by atomic mass is 10.5. The monoisotopic (exact) mass is 179 g/mol. The predicted molar refractivity (Wildman–Crippen MR) is 50.9 cm³/mol. The van der Waals surface area contributed by atoms with Crippen molar-refractivity contribution in [1.29, 1.82) is 0 Å². The zero-order chi connectivity index (χ0) is 7.98. The van der Waals surface area contributed by atoms with Crippen LogP contribution in [0.25, 0.3) is 0 Å². The van der Waals surface area contributed by atoms with Gasteiger partial charge in [-0.2, -0.15) is 11.8 Å². The molecule has 0 amide bonds. The van der Waals surface area contributed by atoms with Gasteiger partial charge >= 0.3 is 0 Å². The van der Waals surface area contributed by atoms with E-state index in [1.165, 1.54) is 0 Å². The van der Waals surface area contributed by atoms with Crippen LogP contribution in [-0.2, 0) is 0 Å². The van der Waals surface area contributed by atoms with E-state index in [0.717, 1.165) is 6.54 Å². The highest BCUT2D eigenvalue weighted by molar-refractivity contribution is 7.99. The number of nitrogens with one attached hydrogen (secondary N) is 2. The molecule has 0 fully saturated rings. The largest absolute Gasteiger partial charge is 0.361 e. The third kappa shape index (κ3) is 4.84. The van der Waals surface area contributed by atoms with E-state index in [9.17, 15) is 0 Å². The lowest BCUT2D eigenvalue weighted by Gasteiger charge is -2.10. The second-order valence-electron chi connectivity index (χ2n) is 1.90. The van der Waals surface area contributed by atoms with Crippen molar-refractivity contribution >= 4 is 29.1 Å². The Hall–Kier alpha value is -0.0000000000000000486. The molecule has 60 valence electrons. The lowest BCUT2D eigenvalue weighted by Crippen LogP contribution is -2.41. The molecule has 10 heavy (non-hydrogen) atoms. The van der Waals surface area contributed by atoms with Crippen molar-refractivity contribution in [2.45, 2.75) is 12.2 Å². The molecule has 0 aliphatic carbocycles. The van der Waals surface area contributed by atoms with Crippen molar-refractivity contribution < 1.29 is 0 Å². The third-order valence-electron chi connectivity index (χ3n) is 1.08. The Balaban J connectivity index is 3.26. The van der Waals surface area contributed by atoms with Crippen LogP contribution in [0.3, 0.4) is 0 Å². The molecule has 3 nitrogen and oxygen atoms in total. The van der Waals surface area contributed by atoms with Gasteiger partial charge in [0, 0.05) is 11.8 Å². The molecule has 1 unspecified atom stereocenters. The molecule has 0 aliphatic heterocycles. The summed E-state index contributed by atoms with van der Waals surface area (Å²) in [7, 11) is 0. The summed E-state index contributed by atoms with van der Waals surface area (Å²) < 4.78 is 0. The Kier molecular flexibility index (Phi) is 5.76. The van der Waals surface area contributed by atoms with Crippen LogP contribution >= 0.6 is 24.0 Å². The topological polar surface area (TPSA) is 50.1 Å². The molecule has 0 aromatic heterocycles. The molecular weight excluding hydrogens is 166 g/mol. The van der Waals surface area contributed by atoms with Gasteiger partial charge in [0.1, 0.15) is 0 Å². The highest BCUT2D eigenvalue weighted by atomic mass is 32.2. The zero-order valence-corrected chi connectivity index (χ0v) is 7.81. The number of rotatable bonds is 3. The van der Waals surface area contributed by atoms with Gasteiger partial charge in [-0.3, -0.25) is 0 Å². The van der Waals surface area contributed by atoms with Crippen LogP contribution in [0.2, 0.25) is 0 Å². The summed E-state index contributed by atoms with van der Waals surface area (Å²) in [6.07, 6.45) is 2.06. The minimum atomic E-state index is 0.501. The summed E-state index contributed by atoms with van der Waals surface area (Å²) in [6.45, 7) is 2.97. The van der Waals surface area contributed by atoms with Crippen LogP contribution < -0.4 is 16.6 Å². The summed E-state index contributed by atoms with van der Waals surface area (Å²) in [4.78, 5) is 0. The standard InChI is InChI=1S/C5H13N3S2/c1-4(10-2)3-7-5(9)8-6/h4H,3,6H2,1-2H3,(H2,7,8,9). The van der Waals surface area contributed by atoms with Crippen molar-refractivity contribution in [1.82, 2.24) is 10.7 Å².